The van der Waals surface area contributed by atoms with Crippen LogP contribution in [-0.4, -0.2) is 16.3 Å². The molecule has 0 aliphatic heterocycles. The Kier molecular flexibility index (Phi) is 4.76. The van der Waals surface area contributed by atoms with Crippen molar-refractivity contribution in [1.82, 2.24) is 0 Å². The minimum absolute atomic E-state index is 0.240. The number of aryl methyl sites for hydroxylation is 1. The Labute approximate surface area is 104 Å². The number of aliphatic hydroxyl groups excluding tert-OH is 1. The van der Waals surface area contributed by atoms with Crippen molar-refractivity contribution in [3.05, 3.63) is 41.5 Å². The maximum atomic E-state index is 9.86. The molecule has 2 N–H and O–H groups in total. The summed E-state index contributed by atoms with van der Waals surface area (Å²) >= 11 is 0. The quantitative estimate of drug-likeness (QED) is 0.765. The second-order valence-electron chi connectivity index (χ2n) is 4.90. The number of hydrogen-bond donors (Lipinski definition) is 2. The lowest BCUT2D eigenvalue weighted by Gasteiger charge is -2.16. The fourth-order valence-corrected chi connectivity index (χ4v) is 1.88. The smallest absolute Gasteiger partial charge is 0.119 e. The molecule has 0 radical (unpaired) electrons. The topological polar surface area (TPSA) is 40.5 Å². The van der Waals surface area contributed by atoms with E-state index >= 15 is 0 Å². The van der Waals surface area contributed by atoms with Crippen LogP contribution in [0.5, 0.6) is 5.75 Å². The molecule has 0 aliphatic carbocycles. The summed E-state index contributed by atoms with van der Waals surface area (Å²) in [7, 11) is 0. The minimum atomic E-state index is -0.440. The lowest BCUT2D eigenvalue weighted by atomic mass is 9.92. The molecule has 0 heterocycles. The number of phenolic OH excluding ortho intramolecular Hbond substituents is 1. The number of rotatable bonds is 5. The predicted molar refractivity (Wildman–Crippen MR) is 71.3 cm³/mol. The van der Waals surface area contributed by atoms with Crippen LogP contribution in [0.4, 0.5) is 0 Å². The van der Waals surface area contributed by atoms with Crippen LogP contribution >= 0.6 is 0 Å². The second-order valence-corrected chi connectivity index (χ2v) is 4.90. The van der Waals surface area contributed by atoms with Crippen LogP contribution in [0.15, 0.2) is 30.4 Å². The van der Waals surface area contributed by atoms with Gasteiger partial charge in [-0.2, -0.15) is 0 Å². The number of hydrogen-bond acceptors (Lipinski definition) is 2. The Morgan fingerprint density at radius 3 is 2.53 bits per heavy atom. The molecule has 1 aromatic carbocycles. The van der Waals surface area contributed by atoms with Crippen molar-refractivity contribution in [1.29, 1.82) is 0 Å². The van der Waals surface area contributed by atoms with Crippen molar-refractivity contribution in [3.8, 4) is 5.75 Å². The highest BCUT2D eigenvalue weighted by Crippen LogP contribution is 2.30. The second kappa shape index (κ2) is 5.87. The fourth-order valence-electron chi connectivity index (χ4n) is 1.88. The lowest BCUT2D eigenvalue weighted by molar-refractivity contribution is 0.195. The number of benzene rings is 1. The Bertz CT molecular complexity index is 396. The number of phenols is 1. The Hall–Kier alpha value is -1.28. The lowest BCUT2D eigenvalue weighted by Crippen LogP contribution is -2.08. The third-order valence-electron chi connectivity index (χ3n) is 3.16. The molecule has 0 aromatic heterocycles. The SMILES string of the molecule is C=C(C)[C@@H](O)CC[C@H](C)c1ccc(C)cc1O. The van der Waals surface area contributed by atoms with E-state index in [0.29, 0.717) is 12.2 Å². The van der Waals surface area contributed by atoms with Gasteiger partial charge in [0.2, 0.25) is 0 Å². The third-order valence-corrected chi connectivity index (χ3v) is 3.16. The fraction of sp³-hybridized carbons (Fsp3) is 0.467. The molecule has 0 unspecified atom stereocenters. The Morgan fingerprint density at radius 1 is 1.35 bits per heavy atom. The molecule has 94 valence electrons. The van der Waals surface area contributed by atoms with Gasteiger partial charge >= 0.3 is 0 Å². The number of aliphatic hydroxyl groups is 1. The van der Waals surface area contributed by atoms with E-state index in [1.165, 1.54) is 0 Å². The maximum Gasteiger partial charge on any atom is 0.119 e. The molecule has 0 spiro atoms. The normalized spacial score (nSPS) is 14.4. The van der Waals surface area contributed by atoms with Gasteiger partial charge in [-0.3, -0.25) is 0 Å². The summed E-state index contributed by atoms with van der Waals surface area (Å²) in [6, 6.07) is 5.74. The van der Waals surface area contributed by atoms with E-state index in [0.717, 1.165) is 23.1 Å². The molecule has 0 saturated carbocycles. The van der Waals surface area contributed by atoms with Crippen LogP contribution in [-0.2, 0) is 0 Å². The summed E-state index contributed by atoms with van der Waals surface area (Å²) in [5, 5.41) is 19.5. The van der Waals surface area contributed by atoms with E-state index in [-0.39, 0.29) is 5.92 Å². The summed E-state index contributed by atoms with van der Waals surface area (Å²) in [6.45, 7) is 9.59. The van der Waals surface area contributed by atoms with E-state index in [4.69, 9.17) is 0 Å². The van der Waals surface area contributed by atoms with Crippen LogP contribution in [0.2, 0.25) is 0 Å². The van der Waals surface area contributed by atoms with Crippen LogP contribution in [0.3, 0.4) is 0 Å². The molecular weight excluding hydrogens is 212 g/mol. The average Bonchev–Trinajstić information content (AvgIpc) is 2.25. The largest absolute Gasteiger partial charge is 0.508 e. The first-order valence-electron chi connectivity index (χ1n) is 6.04. The van der Waals surface area contributed by atoms with Gasteiger partial charge in [0.25, 0.3) is 0 Å². The van der Waals surface area contributed by atoms with Crippen LogP contribution in [0.1, 0.15) is 43.7 Å². The van der Waals surface area contributed by atoms with Crippen LogP contribution in [0, 0.1) is 6.92 Å². The molecule has 2 atom stereocenters. The molecule has 1 rings (SSSR count). The summed E-state index contributed by atoms with van der Waals surface area (Å²) in [6.07, 6.45) is 1.08. The summed E-state index contributed by atoms with van der Waals surface area (Å²) in [5.41, 5.74) is 2.80. The van der Waals surface area contributed by atoms with E-state index in [1.54, 1.807) is 6.07 Å². The molecule has 0 bridgehead atoms. The van der Waals surface area contributed by atoms with Crippen molar-refractivity contribution in [2.24, 2.45) is 0 Å². The van der Waals surface area contributed by atoms with Crippen molar-refractivity contribution < 1.29 is 10.2 Å². The highest BCUT2D eigenvalue weighted by Gasteiger charge is 2.13. The molecule has 0 fully saturated rings. The summed E-state index contributed by atoms with van der Waals surface area (Å²) < 4.78 is 0. The molecule has 2 heteroatoms. The van der Waals surface area contributed by atoms with E-state index in [1.807, 2.05) is 26.0 Å². The summed E-state index contributed by atoms with van der Waals surface area (Å²) in [4.78, 5) is 0. The Balaban J connectivity index is 2.64. The van der Waals surface area contributed by atoms with Gasteiger partial charge in [-0.05, 0) is 49.8 Å². The molecule has 0 saturated heterocycles. The first kappa shape index (κ1) is 13.8. The molecule has 17 heavy (non-hydrogen) atoms. The third kappa shape index (κ3) is 3.90. The maximum absolute atomic E-state index is 9.86. The van der Waals surface area contributed by atoms with Gasteiger partial charge in [-0.15, -0.1) is 0 Å². The van der Waals surface area contributed by atoms with Crippen LogP contribution < -0.4 is 0 Å². The van der Waals surface area contributed by atoms with E-state index in [2.05, 4.69) is 13.5 Å². The van der Waals surface area contributed by atoms with Gasteiger partial charge in [-0.25, -0.2) is 0 Å². The van der Waals surface area contributed by atoms with Crippen molar-refractivity contribution in [3.63, 3.8) is 0 Å². The van der Waals surface area contributed by atoms with Gasteiger partial charge < -0.3 is 10.2 Å². The molecule has 2 nitrogen and oxygen atoms in total. The minimum Gasteiger partial charge on any atom is -0.508 e. The van der Waals surface area contributed by atoms with Crippen molar-refractivity contribution >= 4 is 0 Å². The van der Waals surface area contributed by atoms with Gasteiger partial charge in [0.05, 0.1) is 6.10 Å². The molecule has 1 aromatic rings. The van der Waals surface area contributed by atoms with E-state index in [9.17, 15) is 10.2 Å². The van der Waals surface area contributed by atoms with Gasteiger partial charge in [0.15, 0.2) is 0 Å². The van der Waals surface area contributed by atoms with Crippen LogP contribution in [0.25, 0.3) is 0 Å². The van der Waals surface area contributed by atoms with E-state index < -0.39 is 6.10 Å². The molecular formula is C15H22O2. The standard InChI is InChI=1S/C15H22O2/c1-10(2)14(16)8-6-12(4)13-7-5-11(3)9-15(13)17/h5,7,9,12,14,16-17H,1,6,8H2,2-4H3/t12-,14-/m0/s1. The average molecular weight is 234 g/mol. The predicted octanol–water partition coefficient (Wildman–Crippen LogP) is 3.52. The zero-order valence-electron chi connectivity index (χ0n) is 10.9. The molecule has 0 aliphatic rings. The first-order valence-corrected chi connectivity index (χ1v) is 6.04. The van der Waals surface area contributed by atoms with Gasteiger partial charge in [0.1, 0.15) is 5.75 Å². The first-order chi connectivity index (χ1) is 7.91. The zero-order valence-corrected chi connectivity index (χ0v) is 10.9. The van der Waals surface area contributed by atoms with Crippen molar-refractivity contribution in [2.45, 2.75) is 45.6 Å². The monoisotopic (exact) mass is 234 g/mol. The Morgan fingerprint density at radius 2 is 2.00 bits per heavy atom. The zero-order chi connectivity index (χ0) is 13.0. The van der Waals surface area contributed by atoms with Crippen molar-refractivity contribution in [2.75, 3.05) is 0 Å². The highest BCUT2D eigenvalue weighted by atomic mass is 16.3. The highest BCUT2D eigenvalue weighted by molar-refractivity contribution is 5.38. The molecule has 0 amide bonds. The number of aromatic hydroxyl groups is 1. The van der Waals surface area contributed by atoms with Gasteiger partial charge in [-0.1, -0.05) is 31.2 Å². The van der Waals surface area contributed by atoms with Gasteiger partial charge in [0, 0.05) is 0 Å². The summed E-state index contributed by atoms with van der Waals surface area (Å²) in [5.74, 6) is 0.590.